The number of methoxy groups -OCH3 is 1. The van der Waals surface area contributed by atoms with E-state index >= 15 is 0 Å². The summed E-state index contributed by atoms with van der Waals surface area (Å²) in [5, 5.41) is 8.99. The molecule has 0 fully saturated rings. The molecule has 20 heavy (non-hydrogen) atoms. The Kier molecular flexibility index (Phi) is 6.12. The number of aliphatic hydroxyl groups is 1. The molecule has 0 amide bonds. The van der Waals surface area contributed by atoms with E-state index in [0.29, 0.717) is 5.69 Å². The van der Waals surface area contributed by atoms with Crippen molar-refractivity contribution < 1.29 is 18.3 Å². The van der Waals surface area contributed by atoms with Gasteiger partial charge in [-0.25, -0.2) is 13.1 Å². The Morgan fingerprint density at radius 2 is 2.15 bits per heavy atom. The third-order valence-electron chi connectivity index (χ3n) is 2.86. The second-order valence-corrected chi connectivity index (χ2v) is 7.04. The van der Waals surface area contributed by atoms with Gasteiger partial charge in [-0.05, 0) is 25.3 Å². The molecule has 4 N–H and O–H groups in total. The second kappa shape index (κ2) is 7.16. The monoisotopic (exact) mass is 320 g/mol. The Bertz CT molecular complexity index is 544. The number of nitrogens with one attached hydrogen (secondary N) is 1. The Hall–Kier alpha value is -0.960. The van der Waals surface area contributed by atoms with E-state index in [1.807, 2.05) is 6.26 Å². The molecule has 0 aliphatic heterocycles. The van der Waals surface area contributed by atoms with Crippen molar-refractivity contribution in [2.75, 3.05) is 25.7 Å². The van der Waals surface area contributed by atoms with Crippen molar-refractivity contribution in [3.63, 3.8) is 0 Å². The van der Waals surface area contributed by atoms with Crippen molar-refractivity contribution in [2.24, 2.45) is 0 Å². The zero-order chi connectivity index (χ0) is 15.3. The van der Waals surface area contributed by atoms with Gasteiger partial charge in [0.15, 0.2) is 0 Å². The largest absolute Gasteiger partial charge is 0.495 e. The van der Waals surface area contributed by atoms with E-state index < -0.39 is 16.1 Å². The minimum absolute atomic E-state index is 0.0267. The summed E-state index contributed by atoms with van der Waals surface area (Å²) in [6.07, 6.45) is 1.81. The van der Waals surface area contributed by atoms with E-state index in [1.54, 1.807) is 6.92 Å². The highest BCUT2D eigenvalue weighted by Gasteiger charge is 2.25. The number of hydrogen-bond acceptors (Lipinski definition) is 6. The van der Waals surface area contributed by atoms with Crippen LogP contribution in [-0.4, -0.2) is 44.8 Å². The van der Waals surface area contributed by atoms with E-state index in [-0.39, 0.29) is 22.5 Å². The minimum atomic E-state index is -3.74. The first-order valence-corrected chi connectivity index (χ1v) is 8.72. The first-order chi connectivity index (χ1) is 9.35. The maximum absolute atomic E-state index is 12.3. The summed E-state index contributed by atoms with van der Waals surface area (Å²) in [4.78, 5) is 0.0267. The highest BCUT2D eigenvalue weighted by Crippen LogP contribution is 2.26. The van der Waals surface area contributed by atoms with Gasteiger partial charge in [0, 0.05) is 23.0 Å². The molecule has 0 aromatic heterocycles. The fourth-order valence-corrected chi connectivity index (χ4v) is 3.87. The summed E-state index contributed by atoms with van der Waals surface area (Å²) in [7, 11) is -2.35. The number of hydrogen-bond donors (Lipinski definition) is 3. The molecule has 0 spiro atoms. The molecule has 0 saturated heterocycles. The Morgan fingerprint density at radius 1 is 1.50 bits per heavy atom. The number of thioether (sulfide) groups is 1. The fourth-order valence-electron chi connectivity index (χ4n) is 1.73. The Morgan fingerprint density at radius 3 is 2.65 bits per heavy atom. The van der Waals surface area contributed by atoms with Crippen LogP contribution in [0.15, 0.2) is 23.1 Å². The Labute approximate surface area is 123 Å². The predicted molar refractivity (Wildman–Crippen MR) is 81.6 cm³/mol. The number of nitrogens with two attached hydrogens (primary N) is 1. The van der Waals surface area contributed by atoms with Gasteiger partial charge in [0.1, 0.15) is 10.6 Å². The van der Waals surface area contributed by atoms with Crippen molar-refractivity contribution in [3.05, 3.63) is 18.2 Å². The first-order valence-electron chi connectivity index (χ1n) is 5.95. The van der Waals surface area contributed by atoms with Crippen molar-refractivity contribution in [2.45, 2.75) is 23.1 Å². The third-order valence-corrected chi connectivity index (χ3v) is 5.62. The van der Waals surface area contributed by atoms with Crippen molar-refractivity contribution in [1.29, 1.82) is 0 Å². The van der Waals surface area contributed by atoms with Gasteiger partial charge in [-0.3, -0.25) is 0 Å². The van der Waals surface area contributed by atoms with Gasteiger partial charge in [0.25, 0.3) is 0 Å². The number of aliphatic hydroxyl groups excluding tert-OH is 1. The van der Waals surface area contributed by atoms with E-state index in [2.05, 4.69) is 4.72 Å². The normalized spacial score (nSPS) is 14.8. The number of sulfonamides is 1. The summed E-state index contributed by atoms with van der Waals surface area (Å²) in [6.45, 7) is 1.60. The minimum Gasteiger partial charge on any atom is -0.495 e. The van der Waals surface area contributed by atoms with Crippen molar-refractivity contribution >= 4 is 27.5 Å². The van der Waals surface area contributed by atoms with Crippen LogP contribution in [0.1, 0.15) is 6.92 Å². The standard InChI is InChI=1S/C12H20N2O4S2/c1-8(11(7-15)19-3)14-20(16,17)12-5-4-9(13)6-10(12)18-2/h4-6,8,11,14-15H,7,13H2,1-3H3. The highest BCUT2D eigenvalue weighted by molar-refractivity contribution is 7.99. The molecular formula is C12H20N2O4S2. The molecule has 0 bridgehead atoms. The van der Waals surface area contributed by atoms with Crippen LogP contribution in [0.5, 0.6) is 5.75 Å². The van der Waals surface area contributed by atoms with Gasteiger partial charge in [-0.1, -0.05) is 0 Å². The first kappa shape index (κ1) is 17.1. The van der Waals surface area contributed by atoms with Gasteiger partial charge in [-0.15, -0.1) is 0 Å². The molecule has 0 aliphatic carbocycles. The molecule has 2 unspecified atom stereocenters. The molecule has 0 radical (unpaired) electrons. The highest BCUT2D eigenvalue weighted by atomic mass is 32.2. The molecule has 114 valence electrons. The number of nitrogen functional groups attached to an aromatic ring is 1. The maximum Gasteiger partial charge on any atom is 0.244 e. The molecule has 1 rings (SSSR count). The summed E-state index contributed by atoms with van der Waals surface area (Å²) in [5.41, 5.74) is 6.03. The molecule has 2 atom stereocenters. The number of rotatable bonds is 7. The number of anilines is 1. The zero-order valence-electron chi connectivity index (χ0n) is 11.7. The molecule has 0 heterocycles. The lowest BCUT2D eigenvalue weighted by Crippen LogP contribution is -2.41. The van der Waals surface area contributed by atoms with Crippen LogP contribution in [0.3, 0.4) is 0 Å². The lowest BCUT2D eigenvalue weighted by atomic mass is 10.3. The zero-order valence-corrected chi connectivity index (χ0v) is 13.3. The SMILES string of the molecule is COc1cc(N)ccc1S(=O)(=O)NC(C)C(CO)SC. The fraction of sp³-hybridized carbons (Fsp3) is 0.500. The molecule has 0 saturated carbocycles. The van der Waals surface area contributed by atoms with E-state index in [0.717, 1.165) is 0 Å². The summed E-state index contributed by atoms with van der Waals surface area (Å²) < 4.78 is 32.3. The van der Waals surface area contributed by atoms with Gasteiger partial charge >= 0.3 is 0 Å². The van der Waals surface area contributed by atoms with Crippen molar-refractivity contribution in [1.82, 2.24) is 4.72 Å². The number of benzene rings is 1. The van der Waals surface area contributed by atoms with Crippen LogP contribution in [0.25, 0.3) is 0 Å². The molecule has 8 heteroatoms. The van der Waals surface area contributed by atoms with Crippen LogP contribution in [-0.2, 0) is 10.0 Å². The summed E-state index contributed by atoms with van der Waals surface area (Å²) in [6, 6.07) is 3.94. The Balaban J connectivity index is 3.05. The van der Waals surface area contributed by atoms with Gasteiger partial charge < -0.3 is 15.6 Å². The van der Waals surface area contributed by atoms with E-state index in [1.165, 1.54) is 37.1 Å². The maximum atomic E-state index is 12.3. The van der Waals surface area contributed by atoms with Crippen LogP contribution >= 0.6 is 11.8 Å². The summed E-state index contributed by atoms with van der Waals surface area (Å²) in [5.74, 6) is 0.189. The van der Waals surface area contributed by atoms with Crippen LogP contribution in [0, 0.1) is 0 Å². The van der Waals surface area contributed by atoms with Gasteiger partial charge in [0.05, 0.1) is 13.7 Å². The van der Waals surface area contributed by atoms with Crippen LogP contribution in [0.2, 0.25) is 0 Å². The third kappa shape index (κ3) is 4.02. The molecule has 1 aromatic rings. The average molecular weight is 320 g/mol. The lowest BCUT2D eigenvalue weighted by Gasteiger charge is -2.21. The van der Waals surface area contributed by atoms with Crippen molar-refractivity contribution in [3.8, 4) is 5.75 Å². The molecule has 1 aromatic carbocycles. The smallest absolute Gasteiger partial charge is 0.244 e. The number of ether oxygens (including phenoxy) is 1. The van der Waals surface area contributed by atoms with Crippen LogP contribution < -0.4 is 15.2 Å². The topological polar surface area (TPSA) is 102 Å². The van der Waals surface area contributed by atoms with Gasteiger partial charge in [0.2, 0.25) is 10.0 Å². The van der Waals surface area contributed by atoms with E-state index in [9.17, 15) is 13.5 Å². The van der Waals surface area contributed by atoms with Crippen LogP contribution in [0.4, 0.5) is 5.69 Å². The second-order valence-electron chi connectivity index (χ2n) is 4.28. The molecule has 6 nitrogen and oxygen atoms in total. The lowest BCUT2D eigenvalue weighted by molar-refractivity contribution is 0.282. The van der Waals surface area contributed by atoms with E-state index in [4.69, 9.17) is 10.5 Å². The molecule has 0 aliphatic rings. The quantitative estimate of drug-likeness (QED) is 0.638. The molecular weight excluding hydrogens is 300 g/mol. The predicted octanol–water partition coefficient (Wildman–Crippen LogP) is 0.668. The summed E-state index contributed by atoms with van der Waals surface area (Å²) >= 11 is 1.40. The average Bonchev–Trinajstić information content (AvgIpc) is 2.38. The van der Waals surface area contributed by atoms with Gasteiger partial charge in [-0.2, -0.15) is 11.8 Å².